The minimum Gasteiger partial charge on any atom is -0.478 e. The lowest BCUT2D eigenvalue weighted by molar-refractivity contribution is -0.274. The number of aromatic carboxylic acids is 1. The maximum atomic E-state index is 12.9. The fourth-order valence-electron chi connectivity index (χ4n) is 2.10. The van der Waals surface area contributed by atoms with Gasteiger partial charge >= 0.3 is 18.5 Å². The Balaban J connectivity index is 2.51. The molecule has 128 valence electrons. The molecule has 0 aliphatic heterocycles. The third-order valence-electron chi connectivity index (χ3n) is 2.98. The molecule has 0 aliphatic carbocycles. The molecule has 3 nitrogen and oxygen atoms in total. The summed E-state index contributed by atoms with van der Waals surface area (Å²) in [4.78, 5) is 11.2. The zero-order valence-electron chi connectivity index (χ0n) is 11.6. The van der Waals surface area contributed by atoms with E-state index < -0.39 is 35.4 Å². The maximum absolute atomic E-state index is 12.9. The molecule has 0 heterocycles. The molecule has 2 aromatic carbocycles. The van der Waals surface area contributed by atoms with E-state index in [-0.39, 0.29) is 11.1 Å². The van der Waals surface area contributed by atoms with E-state index in [1.54, 1.807) is 0 Å². The highest BCUT2D eigenvalue weighted by Crippen LogP contribution is 2.37. The summed E-state index contributed by atoms with van der Waals surface area (Å²) in [5, 5.41) is 9.11. The molecule has 0 unspecified atom stereocenters. The lowest BCUT2D eigenvalue weighted by Gasteiger charge is -2.15. The van der Waals surface area contributed by atoms with Crippen molar-refractivity contribution in [2.24, 2.45) is 0 Å². The second-order valence-electron chi connectivity index (χ2n) is 4.60. The summed E-state index contributed by atoms with van der Waals surface area (Å²) in [7, 11) is 0. The number of rotatable bonds is 3. The Morgan fingerprint density at radius 3 is 1.96 bits per heavy atom. The standard InChI is InChI=1S/C15H8F6O3/c16-14(17,18)11-3-1-2-10(12(11)13(22)23)8-4-6-9(7-5-8)24-15(19,20)21/h1-7H,(H,22,23). The number of carboxylic acids is 1. The van der Waals surface area contributed by atoms with Crippen molar-refractivity contribution < 1.29 is 41.0 Å². The van der Waals surface area contributed by atoms with E-state index in [2.05, 4.69) is 4.74 Å². The Morgan fingerprint density at radius 2 is 1.50 bits per heavy atom. The van der Waals surface area contributed by atoms with Crippen molar-refractivity contribution in [2.45, 2.75) is 12.5 Å². The zero-order valence-corrected chi connectivity index (χ0v) is 11.6. The van der Waals surface area contributed by atoms with Crippen LogP contribution in [0.5, 0.6) is 5.75 Å². The quantitative estimate of drug-likeness (QED) is 0.795. The van der Waals surface area contributed by atoms with Crippen molar-refractivity contribution in [2.75, 3.05) is 0 Å². The predicted molar refractivity (Wildman–Crippen MR) is 70.5 cm³/mol. The molecule has 0 atom stereocenters. The number of benzene rings is 2. The average Bonchev–Trinajstić information content (AvgIpc) is 2.44. The third-order valence-corrected chi connectivity index (χ3v) is 2.98. The first kappa shape index (κ1) is 17.6. The topological polar surface area (TPSA) is 46.5 Å². The first-order valence-electron chi connectivity index (χ1n) is 6.29. The molecule has 0 aromatic heterocycles. The van der Waals surface area contributed by atoms with Crippen molar-refractivity contribution in [1.29, 1.82) is 0 Å². The Bertz CT molecular complexity index is 747. The molecule has 0 fully saturated rings. The second-order valence-corrected chi connectivity index (χ2v) is 4.60. The molecule has 24 heavy (non-hydrogen) atoms. The van der Waals surface area contributed by atoms with Crippen molar-refractivity contribution in [3.8, 4) is 16.9 Å². The molecule has 0 spiro atoms. The largest absolute Gasteiger partial charge is 0.573 e. The van der Waals surface area contributed by atoms with Gasteiger partial charge in [-0.15, -0.1) is 13.2 Å². The SMILES string of the molecule is O=C(O)c1c(-c2ccc(OC(F)(F)F)cc2)cccc1C(F)(F)F. The van der Waals surface area contributed by atoms with Crippen molar-refractivity contribution >= 4 is 5.97 Å². The van der Waals surface area contributed by atoms with Gasteiger partial charge in [-0.1, -0.05) is 24.3 Å². The fraction of sp³-hybridized carbons (Fsp3) is 0.133. The lowest BCUT2D eigenvalue weighted by Crippen LogP contribution is -2.17. The van der Waals surface area contributed by atoms with Gasteiger partial charge in [0.25, 0.3) is 0 Å². The summed E-state index contributed by atoms with van der Waals surface area (Å²) >= 11 is 0. The summed E-state index contributed by atoms with van der Waals surface area (Å²) in [6.45, 7) is 0. The first-order chi connectivity index (χ1) is 11.0. The van der Waals surface area contributed by atoms with E-state index in [4.69, 9.17) is 5.11 Å². The van der Waals surface area contributed by atoms with Crippen LogP contribution >= 0.6 is 0 Å². The summed E-state index contributed by atoms with van der Waals surface area (Å²) in [5.41, 5.74) is -2.58. The molecule has 2 aromatic rings. The van der Waals surface area contributed by atoms with E-state index in [1.165, 1.54) is 0 Å². The molecule has 0 saturated heterocycles. The molecular weight excluding hydrogens is 342 g/mol. The number of alkyl halides is 6. The van der Waals surface area contributed by atoms with Crippen LogP contribution < -0.4 is 4.74 Å². The van der Waals surface area contributed by atoms with Crippen molar-refractivity contribution in [3.05, 3.63) is 53.6 Å². The van der Waals surface area contributed by atoms with Crippen molar-refractivity contribution in [1.82, 2.24) is 0 Å². The van der Waals surface area contributed by atoms with E-state index in [0.717, 1.165) is 36.4 Å². The average molecular weight is 350 g/mol. The highest BCUT2D eigenvalue weighted by molar-refractivity contribution is 5.97. The van der Waals surface area contributed by atoms with Crippen LogP contribution in [-0.4, -0.2) is 17.4 Å². The van der Waals surface area contributed by atoms with Crippen LogP contribution in [0.4, 0.5) is 26.3 Å². The van der Waals surface area contributed by atoms with Gasteiger partial charge in [-0.25, -0.2) is 4.79 Å². The Kier molecular flexibility index (Phi) is 4.46. The minimum absolute atomic E-state index is 0.00743. The number of carbonyl (C=O) groups is 1. The molecule has 0 amide bonds. The predicted octanol–water partition coefficient (Wildman–Crippen LogP) is 4.97. The number of hydrogen-bond acceptors (Lipinski definition) is 2. The van der Waals surface area contributed by atoms with Gasteiger partial charge in [0.15, 0.2) is 0 Å². The Morgan fingerprint density at radius 1 is 0.917 bits per heavy atom. The molecule has 0 aliphatic rings. The van der Waals surface area contributed by atoms with E-state index in [9.17, 15) is 31.1 Å². The zero-order chi connectivity index (χ0) is 18.1. The second kappa shape index (κ2) is 6.06. The van der Waals surface area contributed by atoms with Gasteiger partial charge in [-0.05, 0) is 29.3 Å². The summed E-state index contributed by atoms with van der Waals surface area (Å²) in [6, 6.07) is 6.63. The van der Waals surface area contributed by atoms with E-state index >= 15 is 0 Å². The third kappa shape index (κ3) is 3.98. The Hall–Kier alpha value is -2.71. The molecule has 9 heteroatoms. The van der Waals surface area contributed by atoms with Crippen LogP contribution in [0.1, 0.15) is 15.9 Å². The van der Waals surface area contributed by atoms with Gasteiger partial charge in [0.05, 0.1) is 11.1 Å². The van der Waals surface area contributed by atoms with E-state index in [0.29, 0.717) is 6.07 Å². The number of hydrogen-bond donors (Lipinski definition) is 1. The summed E-state index contributed by atoms with van der Waals surface area (Å²) < 4.78 is 78.8. The number of carboxylic acid groups (broad SMARTS) is 1. The lowest BCUT2D eigenvalue weighted by atomic mass is 9.95. The van der Waals surface area contributed by atoms with Gasteiger partial charge in [-0.3, -0.25) is 0 Å². The smallest absolute Gasteiger partial charge is 0.478 e. The van der Waals surface area contributed by atoms with Gasteiger partial charge in [0, 0.05) is 0 Å². The first-order valence-corrected chi connectivity index (χ1v) is 6.29. The van der Waals surface area contributed by atoms with Crippen LogP contribution in [0.3, 0.4) is 0 Å². The summed E-state index contributed by atoms with van der Waals surface area (Å²) in [5.74, 6) is -2.37. The normalized spacial score (nSPS) is 12.1. The highest BCUT2D eigenvalue weighted by Gasteiger charge is 2.36. The van der Waals surface area contributed by atoms with Crippen LogP contribution in [0, 0.1) is 0 Å². The van der Waals surface area contributed by atoms with Crippen LogP contribution in [0.2, 0.25) is 0 Å². The number of ether oxygens (including phenoxy) is 1. The highest BCUT2D eigenvalue weighted by atomic mass is 19.4. The van der Waals surface area contributed by atoms with Crippen LogP contribution in [0.15, 0.2) is 42.5 Å². The van der Waals surface area contributed by atoms with Crippen LogP contribution in [0.25, 0.3) is 11.1 Å². The molecule has 0 bridgehead atoms. The Labute approximate surface area is 131 Å². The maximum Gasteiger partial charge on any atom is 0.573 e. The molecular formula is C15H8F6O3. The van der Waals surface area contributed by atoms with Gasteiger partial charge < -0.3 is 9.84 Å². The van der Waals surface area contributed by atoms with Crippen molar-refractivity contribution in [3.63, 3.8) is 0 Å². The van der Waals surface area contributed by atoms with Crippen LogP contribution in [-0.2, 0) is 6.18 Å². The number of halogens is 6. The monoisotopic (exact) mass is 350 g/mol. The minimum atomic E-state index is -4.91. The molecule has 0 radical (unpaired) electrons. The molecule has 1 N–H and O–H groups in total. The van der Waals surface area contributed by atoms with Gasteiger partial charge in [0.2, 0.25) is 0 Å². The fourth-order valence-corrected chi connectivity index (χ4v) is 2.10. The molecule has 0 saturated carbocycles. The van der Waals surface area contributed by atoms with Gasteiger partial charge in [-0.2, -0.15) is 13.2 Å². The van der Waals surface area contributed by atoms with E-state index in [1.807, 2.05) is 0 Å². The summed E-state index contributed by atoms with van der Waals surface area (Å²) in [6.07, 6.45) is -9.80. The van der Waals surface area contributed by atoms with Gasteiger partial charge in [0.1, 0.15) is 5.75 Å². The molecule has 2 rings (SSSR count).